The second-order valence-corrected chi connectivity index (χ2v) is 4.40. The maximum atomic E-state index is 12.3. The number of nitrogens with zero attached hydrogens (tertiary/aromatic N) is 2. The van der Waals surface area contributed by atoms with Gasteiger partial charge in [0.1, 0.15) is 5.92 Å². The highest BCUT2D eigenvalue weighted by Crippen LogP contribution is 2.34. The van der Waals surface area contributed by atoms with Crippen molar-refractivity contribution < 1.29 is 14.5 Å². The van der Waals surface area contributed by atoms with Crippen LogP contribution < -0.4 is 0 Å². The second-order valence-electron chi connectivity index (χ2n) is 4.40. The summed E-state index contributed by atoms with van der Waals surface area (Å²) < 4.78 is 0. The molecule has 1 unspecified atom stereocenters. The Labute approximate surface area is 113 Å². The Kier molecular flexibility index (Phi) is 2.64. The smallest absolute Gasteiger partial charge is 0.270 e. The molecular weight excluding hydrogens is 260 g/mol. The van der Waals surface area contributed by atoms with Gasteiger partial charge in [0.15, 0.2) is 11.6 Å². The average Bonchev–Trinajstić information content (AvgIpc) is 2.71. The van der Waals surface area contributed by atoms with Gasteiger partial charge < -0.3 is 0 Å². The summed E-state index contributed by atoms with van der Waals surface area (Å²) >= 11 is 0. The molecular formula is C14H8N2O4. The van der Waals surface area contributed by atoms with E-state index in [9.17, 15) is 19.7 Å². The molecule has 6 heteroatoms. The van der Waals surface area contributed by atoms with E-state index in [0.717, 1.165) is 6.07 Å². The van der Waals surface area contributed by atoms with Crippen molar-refractivity contribution in [1.82, 2.24) is 4.98 Å². The lowest BCUT2D eigenvalue weighted by molar-refractivity contribution is -0.384. The number of Topliss-reactive ketones (excluding diaryl/α,β-unsaturated/α-hetero) is 2. The summed E-state index contributed by atoms with van der Waals surface area (Å²) in [5.74, 6) is -1.79. The van der Waals surface area contributed by atoms with Crippen LogP contribution in [0.5, 0.6) is 0 Å². The minimum absolute atomic E-state index is 0.0971. The zero-order valence-electron chi connectivity index (χ0n) is 10.1. The molecule has 0 fully saturated rings. The average molecular weight is 268 g/mol. The molecule has 1 aliphatic carbocycles. The highest BCUT2D eigenvalue weighted by atomic mass is 16.6. The van der Waals surface area contributed by atoms with Gasteiger partial charge in [0.05, 0.1) is 10.6 Å². The molecule has 1 aromatic carbocycles. The normalized spacial score (nSPS) is 17.1. The Morgan fingerprint density at radius 1 is 1.05 bits per heavy atom. The van der Waals surface area contributed by atoms with Crippen molar-refractivity contribution in [3.8, 4) is 0 Å². The van der Waals surface area contributed by atoms with Crippen LogP contribution in [0.3, 0.4) is 0 Å². The maximum Gasteiger partial charge on any atom is 0.270 e. The predicted octanol–water partition coefficient (Wildman–Crippen LogP) is 2.15. The molecule has 1 aliphatic rings. The highest BCUT2D eigenvalue weighted by molar-refractivity contribution is 6.29. The summed E-state index contributed by atoms with van der Waals surface area (Å²) in [6, 6.07) is 8.68. The summed E-state index contributed by atoms with van der Waals surface area (Å²) in [5.41, 5.74) is 0.476. The zero-order chi connectivity index (χ0) is 14.3. The minimum atomic E-state index is -0.992. The zero-order valence-corrected chi connectivity index (χ0v) is 10.1. The van der Waals surface area contributed by atoms with Crippen molar-refractivity contribution in [2.75, 3.05) is 0 Å². The van der Waals surface area contributed by atoms with Crippen LogP contribution in [-0.4, -0.2) is 21.5 Å². The van der Waals surface area contributed by atoms with Crippen molar-refractivity contribution in [3.05, 3.63) is 69.5 Å². The maximum absolute atomic E-state index is 12.3. The number of pyridine rings is 1. The fourth-order valence-electron chi connectivity index (χ4n) is 2.31. The molecule has 0 aliphatic heterocycles. The number of benzene rings is 1. The van der Waals surface area contributed by atoms with E-state index in [1.165, 1.54) is 18.3 Å². The molecule has 1 heterocycles. The van der Waals surface area contributed by atoms with Crippen LogP contribution in [0.4, 0.5) is 5.69 Å². The van der Waals surface area contributed by atoms with Crippen molar-refractivity contribution in [2.24, 2.45) is 0 Å². The number of rotatable bonds is 2. The number of fused-ring (bicyclic) bond motifs is 1. The first-order valence-electron chi connectivity index (χ1n) is 5.87. The molecule has 0 spiro atoms. The summed E-state index contributed by atoms with van der Waals surface area (Å²) in [4.78, 5) is 38.7. The summed E-state index contributed by atoms with van der Waals surface area (Å²) in [7, 11) is 0. The molecule has 2 aromatic rings. The number of aromatic nitrogens is 1. The monoisotopic (exact) mass is 268 g/mol. The lowest BCUT2D eigenvalue weighted by Crippen LogP contribution is -2.14. The van der Waals surface area contributed by atoms with E-state index in [-0.39, 0.29) is 22.6 Å². The third-order valence-electron chi connectivity index (χ3n) is 3.25. The first-order chi connectivity index (χ1) is 9.59. The van der Waals surface area contributed by atoms with Crippen molar-refractivity contribution in [1.29, 1.82) is 0 Å². The molecule has 0 saturated carbocycles. The lowest BCUT2D eigenvalue weighted by Gasteiger charge is -2.04. The molecule has 0 radical (unpaired) electrons. The molecule has 20 heavy (non-hydrogen) atoms. The Morgan fingerprint density at radius 3 is 2.45 bits per heavy atom. The minimum Gasteiger partial charge on any atom is -0.293 e. The van der Waals surface area contributed by atoms with E-state index in [2.05, 4.69) is 4.98 Å². The predicted molar refractivity (Wildman–Crippen MR) is 68.7 cm³/mol. The van der Waals surface area contributed by atoms with Gasteiger partial charge in [-0.2, -0.15) is 0 Å². The Balaban J connectivity index is 2.11. The second kappa shape index (κ2) is 4.34. The van der Waals surface area contributed by atoms with Gasteiger partial charge in [-0.25, -0.2) is 0 Å². The molecule has 3 rings (SSSR count). The van der Waals surface area contributed by atoms with Crippen LogP contribution in [0.25, 0.3) is 0 Å². The number of ketones is 2. The summed E-state index contributed by atoms with van der Waals surface area (Å²) in [5, 5.41) is 10.7. The van der Waals surface area contributed by atoms with Gasteiger partial charge in [-0.1, -0.05) is 6.07 Å². The molecule has 1 atom stereocenters. The van der Waals surface area contributed by atoms with Crippen LogP contribution in [0.1, 0.15) is 32.3 Å². The Morgan fingerprint density at radius 2 is 1.80 bits per heavy atom. The largest absolute Gasteiger partial charge is 0.293 e. The van der Waals surface area contributed by atoms with E-state index in [0.29, 0.717) is 5.69 Å². The van der Waals surface area contributed by atoms with Crippen LogP contribution in [-0.2, 0) is 0 Å². The number of nitro benzene ring substituents is 1. The van der Waals surface area contributed by atoms with Crippen LogP contribution in [0.15, 0.2) is 42.6 Å². The summed E-state index contributed by atoms with van der Waals surface area (Å²) in [6.07, 6.45) is 1.50. The van der Waals surface area contributed by atoms with E-state index < -0.39 is 16.6 Å². The van der Waals surface area contributed by atoms with Gasteiger partial charge >= 0.3 is 0 Å². The molecule has 6 nitrogen and oxygen atoms in total. The molecule has 98 valence electrons. The fourth-order valence-corrected chi connectivity index (χ4v) is 2.31. The van der Waals surface area contributed by atoms with Gasteiger partial charge in [0.2, 0.25) is 0 Å². The first kappa shape index (κ1) is 12.2. The van der Waals surface area contributed by atoms with Crippen molar-refractivity contribution in [3.63, 3.8) is 0 Å². The Hall–Kier alpha value is -2.89. The van der Waals surface area contributed by atoms with E-state index >= 15 is 0 Å². The number of non-ortho nitro benzene ring substituents is 1. The molecule has 0 amide bonds. The number of hydrogen-bond donors (Lipinski definition) is 0. The van der Waals surface area contributed by atoms with Gasteiger partial charge in [-0.15, -0.1) is 0 Å². The van der Waals surface area contributed by atoms with Gasteiger partial charge in [-0.05, 0) is 18.2 Å². The highest BCUT2D eigenvalue weighted by Gasteiger charge is 2.41. The standard InChI is InChI=1S/C14H8N2O4/c17-13-9-5-4-8(16(19)20)7-10(9)14(18)12(13)11-3-1-2-6-15-11/h1-7,12H. The third kappa shape index (κ3) is 1.70. The number of nitro groups is 1. The molecule has 0 saturated heterocycles. The van der Waals surface area contributed by atoms with E-state index in [4.69, 9.17) is 0 Å². The molecule has 0 N–H and O–H groups in total. The molecule has 0 bridgehead atoms. The number of carbonyl (C=O) groups excluding carboxylic acids is 2. The summed E-state index contributed by atoms with van der Waals surface area (Å²) in [6.45, 7) is 0. The van der Waals surface area contributed by atoms with E-state index in [1.54, 1.807) is 18.2 Å². The third-order valence-corrected chi connectivity index (χ3v) is 3.25. The van der Waals surface area contributed by atoms with Crippen LogP contribution in [0, 0.1) is 10.1 Å². The quantitative estimate of drug-likeness (QED) is 0.473. The van der Waals surface area contributed by atoms with Gasteiger partial charge in [0.25, 0.3) is 5.69 Å². The van der Waals surface area contributed by atoms with Crippen molar-refractivity contribution in [2.45, 2.75) is 5.92 Å². The topological polar surface area (TPSA) is 90.2 Å². The first-order valence-corrected chi connectivity index (χ1v) is 5.87. The fraction of sp³-hybridized carbons (Fsp3) is 0.0714. The Bertz CT molecular complexity index is 740. The van der Waals surface area contributed by atoms with Crippen LogP contribution >= 0.6 is 0 Å². The van der Waals surface area contributed by atoms with Gasteiger partial charge in [-0.3, -0.25) is 24.7 Å². The van der Waals surface area contributed by atoms with E-state index in [1.807, 2.05) is 0 Å². The lowest BCUT2D eigenvalue weighted by atomic mass is 9.99. The van der Waals surface area contributed by atoms with Gasteiger partial charge in [0, 0.05) is 29.5 Å². The van der Waals surface area contributed by atoms with Crippen LogP contribution in [0.2, 0.25) is 0 Å². The molecule has 1 aromatic heterocycles. The van der Waals surface area contributed by atoms with Crippen molar-refractivity contribution >= 4 is 17.3 Å². The SMILES string of the molecule is O=C1c2ccc([N+](=O)[O-])cc2C(=O)C1c1ccccn1. The number of carbonyl (C=O) groups is 2. The number of hydrogen-bond acceptors (Lipinski definition) is 5.